The Morgan fingerprint density at radius 3 is 2.45 bits per heavy atom. The highest BCUT2D eigenvalue weighted by molar-refractivity contribution is 5.85. The minimum Gasteiger partial charge on any atom is -0.338 e. The molecule has 0 aliphatic heterocycles. The summed E-state index contributed by atoms with van der Waals surface area (Å²) in [5.74, 6) is 0.478. The van der Waals surface area contributed by atoms with E-state index in [1.165, 1.54) is 17.7 Å². The van der Waals surface area contributed by atoms with Crippen molar-refractivity contribution in [1.29, 1.82) is 0 Å². The zero-order chi connectivity index (χ0) is 20.0. The molecule has 0 aliphatic carbocycles. The average molecular weight is 427 g/mol. The standard InChI is InChI=1S/C20H21F3N4O.ClH/c21-20(22,23)17-8-4-7-16(13-17)19-25-18(28-26-19)14-27(12-10-24)11-9-15-5-2-1-3-6-15;/h1-8,13H,9-12,14,24H2;1H. The zero-order valence-corrected chi connectivity index (χ0v) is 16.4. The summed E-state index contributed by atoms with van der Waals surface area (Å²) in [5.41, 5.74) is 6.42. The molecule has 0 bridgehead atoms. The first kappa shape index (κ1) is 22.9. The molecule has 0 radical (unpaired) electrons. The minimum absolute atomic E-state index is 0. The van der Waals surface area contributed by atoms with Gasteiger partial charge in [-0.25, -0.2) is 0 Å². The van der Waals surface area contributed by atoms with Crippen LogP contribution >= 0.6 is 12.4 Å². The molecule has 0 unspecified atom stereocenters. The normalized spacial score (nSPS) is 11.5. The van der Waals surface area contributed by atoms with Gasteiger partial charge in [0.15, 0.2) is 0 Å². The SMILES string of the molecule is Cl.NCCN(CCc1ccccc1)Cc1nc(-c2cccc(C(F)(F)F)c2)no1. The molecule has 2 aromatic carbocycles. The van der Waals surface area contributed by atoms with Gasteiger partial charge in [-0.15, -0.1) is 12.4 Å². The fourth-order valence-corrected chi connectivity index (χ4v) is 2.85. The van der Waals surface area contributed by atoms with Crippen molar-refractivity contribution in [3.8, 4) is 11.4 Å². The molecule has 0 atom stereocenters. The highest BCUT2D eigenvalue weighted by Gasteiger charge is 2.30. The van der Waals surface area contributed by atoms with Crippen molar-refractivity contribution in [2.75, 3.05) is 19.6 Å². The van der Waals surface area contributed by atoms with Crippen LogP contribution in [-0.4, -0.2) is 34.7 Å². The quantitative estimate of drug-likeness (QED) is 0.585. The van der Waals surface area contributed by atoms with Crippen molar-refractivity contribution in [1.82, 2.24) is 15.0 Å². The number of rotatable bonds is 8. The van der Waals surface area contributed by atoms with Gasteiger partial charge in [0, 0.05) is 25.2 Å². The second kappa shape index (κ2) is 10.4. The Balaban J connectivity index is 0.00000300. The van der Waals surface area contributed by atoms with Crippen molar-refractivity contribution in [3.63, 3.8) is 0 Å². The monoisotopic (exact) mass is 426 g/mol. The van der Waals surface area contributed by atoms with Crippen LogP contribution in [0.25, 0.3) is 11.4 Å². The molecule has 2 N–H and O–H groups in total. The van der Waals surface area contributed by atoms with Crippen LogP contribution in [0.3, 0.4) is 0 Å². The number of hydrogen-bond acceptors (Lipinski definition) is 5. The van der Waals surface area contributed by atoms with E-state index in [0.717, 1.165) is 25.1 Å². The van der Waals surface area contributed by atoms with Gasteiger partial charge >= 0.3 is 6.18 Å². The lowest BCUT2D eigenvalue weighted by Gasteiger charge is -2.19. The molecule has 1 heterocycles. The number of nitrogens with zero attached hydrogens (tertiary/aromatic N) is 3. The molecule has 0 fully saturated rings. The van der Waals surface area contributed by atoms with Gasteiger partial charge in [-0.2, -0.15) is 18.2 Å². The Hall–Kier alpha value is -2.42. The van der Waals surface area contributed by atoms with Gasteiger partial charge in [-0.3, -0.25) is 4.90 Å². The molecule has 9 heteroatoms. The molecule has 0 aliphatic rings. The maximum Gasteiger partial charge on any atom is 0.416 e. The topological polar surface area (TPSA) is 68.2 Å². The Labute approximate surface area is 173 Å². The maximum atomic E-state index is 12.9. The van der Waals surface area contributed by atoms with Crippen molar-refractivity contribution < 1.29 is 17.7 Å². The van der Waals surface area contributed by atoms with E-state index in [1.807, 2.05) is 18.2 Å². The zero-order valence-electron chi connectivity index (χ0n) is 15.6. The second-order valence-corrected chi connectivity index (χ2v) is 6.39. The molecule has 0 saturated heterocycles. The molecule has 3 rings (SSSR count). The third-order valence-electron chi connectivity index (χ3n) is 4.28. The molecule has 1 aromatic heterocycles. The highest BCUT2D eigenvalue weighted by Crippen LogP contribution is 2.31. The number of benzene rings is 2. The van der Waals surface area contributed by atoms with Crippen molar-refractivity contribution >= 4 is 12.4 Å². The van der Waals surface area contributed by atoms with Crippen LogP contribution in [0.4, 0.5) is 13.2 Å². The molecule has 0 amide bonds. The molecular weight excluding hydrogens is 405 g/mol. The van der Waals surface area contributed by atoms with Crippen molar-refractivity contribution in [2.45, 2.75) is 19.1 Å². The van der Waals surface area contributed by atoms with E-state index in [-0.39, 0.29) is 23.8 Å². The van der Waals surface area contributed by atoms with Gasteiger partial charge in [0.1, 0.15) is 0 Å². The lowest BCUT2D eigenvalue weighted by atomic mass is 10.1. The number of halogens is 4. The highest BCUT2D eigenvalue weighted by atomic mass is 35.5. The van der Waals surface area contributed by atoms with E-state index in [4.69, 9.17) is 10.3 Å². The van der Waals surface area contributed by atoms with E-state index in [1.54, 1.807) is 0 Å². The van der Waals surface area contributed by atoms with Crippen LogP contribution in [-0.2, 0) is 19.1 Å². The van der Waals surface area contributed by atoms with Crippen LogP contribution < -0.4 is 5.73 Å². The van der Waals surface area contributed by atoms with Crippen LogP contribution in [0, 0.1) is 0 Å². The summed E-state index contributed by atoms with van der Waals surface area (Å²) in [6.45, 7) is 2.26. The lowest BCUT2D eigenvalue weighted by molar-refractivity contribution is -0.137. The summed E-state index contributed by atoms with van der Waals surface area (Å²) in [4.78, 5) is 6.33. The van der Waals surface area contributed by atoms with E-state index in [0.29, 0.717) is 25.5 Å². The molecular formula is C20H22ClF3N4O. The first-order valence-corrected chi connectivity index (χ1v) is 8.92. The minimum atomic E-state index is -4.42. The van der Waals surface area contributed by atoms with Crippen LogP contribution in [0.2, 0.25) is 0 Å². The number of aromatic nitrogens is 2. The summed E-state index contributed by atoms with van der Waals surface area (Å²) in [7, 11) is 0. The Morgan fingerprint density at radius 2 is 1.76 bits per heavy atom. The largest absolute Gasteiger partial charge is 0.416 e. The third-order valence-corrected chi connectivity index (χ3v) is 4.28. The van der Waals surface area contributed by atoms with E-state index in [2.05, 4.69) is 27.2 Å². The molecule has 5 nitrogen and oxygen atoms in total. The van der Waals surface area contributed by atoms with E-state index >= 15 is 0 Å². The van der Waals surface area contributed by atoms with Gasteiger partial charge in [0.05, 0.1) is 12.1 Å². The van der Waals surface area contributed by atoms with Gasteiger partial charge in [-0.1, -0.05) is 47.6 Å². The summed E-state index contributed by atoms with van der Waals surface area (Å²) >= 11 is 0. The number of alkyl halides is 3. The molecule has 29 heavy (non-hydrogen) atoms. The summed E-state index contributed by atoms with van der Waals surface area (Å²) in [5, 5.41) is 3.83. The van der Waals surface area contributed by atoms with Crippen LogP contribution in [0.1, 0.15) is 17.0 Å². The van der Waals surface area contributed by atoms with Gasteiger partial charge in [-0.05, 0) is 24.1 Å². The predicted molar refractivity (Wildman–Crippen MR) is 106 cm³/mol. The molecule has 156 valence electrons. The summed E-state index contributed by atoms with van der Waals surface area (Å²) in [6.07, 6.45) is -3.58. The number of nitrogens with two attached hydrogens (primary N) is 1. The van der Waals surface area contributed by atoms with Gasteiger partial charge in [0.2, 0.25) is 11.7 Å². The van der Waals surface area contributed by atoms with Crippen LogP contribution in [0.15, 0.2) is 59.1 Å². The smallest absolute Gasteiger partial charge is 0.338 e. The van der Waals surface area contributed by atoms with Crippen LogP contribution in [0.5, 0.6) is 0 Å². The summed E-state index contributed by atoms with van der Waals surface area (Å²) < 4.78 is 43.9. The van der Waals surface area contributed by atoms with Crippen molar-refractivity contribution in [3.05, 3.63) is 71.6 Å². The third kappa shape index (κ3) is 6.56. The Kier molecular flexibility index (Phi) is 8.19. The molecule has 0 spiro atoms. The fourth-order valence-electron chi connectivity index (χ4n) is 2.85. The molecule has 0 saturated carbocycles. The Morgan fingerprint density at radius 1 is 1.00 bits per heavy atom. The first-order valence-electron chi connectivity index (χ1n) is 8.92. The van der Waals surface area contributed by atoms with E-state index < -0.39 is 11.7 Å². The predicted octanol–water partition coefficient (Wildman–Crippen LogP) is 4.18. The van der Waals surface area contributed by atoms with Gasteiger partial charge < -0.3 is 10.3 Å². The molecule has 3 aromatic rings. The van der Waals surface area contributed by atoms with E-state index in [9.17, 15) is 13.2 Å². The fraction of sp³-hybridized carbons (Fsp3) is 0.300. The average Bonchev–Trinajstić information content (AvgIpc) is 3.15. The number of hydrogen-bond donors (Lipinski definition) is 1. The summed E-state index contributed by atoms with van der Waals surface area (Å²) in [6, 6.07) is 14.9. The lowest BCUT2D eigenvalue weighted by Crippen LogP contribution is -2.31. The first-order chi connectivity index (χ1) is 13.5. The second-order valence-electron chi connectivity index (χ2n) is 6.39. The maximum absolute atomic E-state index is 12.9. The van der Waals surface area contributed by atoms with Gasteiger partial charge in [0.25, 0.3) is 0 Å². The Bertz CT molecular complexity index is 887. The van der Waals surface area contributed by atoms with Crippen molar-refractivity contribution in [2.24, 2.45) is 5.73 Å².